The van der Waals surface area contributed by atoms with Crippen molar-refractivity contribution in [1.82, 2.24) is 0 Å². The van der Waals surface area contributed by atoms with Crippen LogP contribution < -0.4 is 0 Å². The van der Waals surface area contributed by atoms with E-state index < -0.39 is 97.5 Å². The van der Waals surface area contributed by atoms with Crippen molar-refractivity contribution < 1.29 is 80.2 Å². The van der Waals surface area contributed by atoms with Crippen LogP contribution in [0.1, 0.15) is 356 Å². The number of hydrogen-bond donors (Lipinski definition) is 3. The van der Waals surface area contributed by atoms with Gasteiger partial charge >= 0.3 is 39.5 Å². The molecule has 3 N–H and O–H groups in total. The average Bonchev–Trinajstić information content (AvgIpc) is 1.54. The molecule has 0 rings (SSSR count). The van der Waals surface area contributed by atoms with Crippen LogP contribution in [0, 0.1) is 5.92 Å². The number of unbranched alkanes of at least 4 members (excludes halogenated alkanes) is 40. The molecule has 17 nitrogen and oxygen atoms in total. The van der Waals surface area contributed by atoms with Crippen molar-refractivity contribution in [1.29, 1.82) is 0 Å². The first-order valence-corrected chi connectivity index (χ1v) is 40.4. The fraction of sp³-hybridized carbons (Fsp3) is 0.890. The molecule has 0 saturated carbocycles. The van der Waals surface area contributed by atoms with Crippen LogP contribution in [0.4, 0.5) is 0 Å². The Morgan fingerprint density at radius 1 is 0.337 bits per heavy atom. The van der Waals surface area contributed by atoms with E-state index in [0.717, 1.165) is 109 Å². The third-order valence-electron chi connectivity index (χ3n) is 16.4. The average molecular weight is 1350 g/mol. The largest absolute Gasteiger partial charge is 0.472 e. The van der Waals surface area contributed by atoms with Crippen LogP contribution >= 0.6 is 15.6 Å². The third kappa shape index (κ3) is 66.2. The van der Waals surface area contributed by atoms with Gasteiger partial charge in [0, 0.05) is 25.7 Å². The SMILES string of the molecule is CCCCCC/C=C\C=C/CCCCCCCC(=O)O[C@H](COC(=O)CCCCCCCCCCCCCCC(C)C)COP(=O)(O)OC[C@@H](O)COP(=O)(O)OC[C@@H](COC(=O)CCCCCCCCCCC)OC(=O)CCCCCCCCCCCCCCC. The number of esters is 4. The van der Waals surface area contributed by atoms with Crippen molar-refractivity contribution >= 4 is 39.5 Å². The molecule has 0 aliphatic carbocycles. The molecule has 5 atom stereocenters. The molecule has 0 fully saturated rings. The van der Waals surface area contributed by atoms with Gasteiger partial charge in [0.15, 0.2) is 12.2 Å². The lowest BCUT2D eigenvalue weighted by Gasteiger charge is -2.21. The molecular weight excluding hydrogens is 1210 g/mol. The van der Waals surface area contributed by atoms with Crippen LogP contribution in [0.5, 0.6) is 0 Å². The summed E-state index contributed by atoms with van der Waals surface area (Å²) < 4.78 is 68.3. The molecule has 92 heavy (non-hydrogen) atoms. The van der Waals surface area contributed by atoms with Crippen LogP contribution in [0.25, 0.3) is 0 Å². The van der Waals surface area contributed by atoms with Gasteiger partial charge in [0.2, 0.25) is 0 Å². The maximum atomic E-state index is 13.0. The molecule has 0 radical (unpaired) electrons. The minimum Gasteiger partial charge on any atom is -0.462 e. The lowest BCUT2D eigenvalue weighted by Crippen LogP contribution is -2.30. The lowest BCUT2D eigenvalue weighted by molar-refractivity contribution is -0.161. The predicted molar refractivity (Wildman–Crippen MR) is 372 cm³/mol. The van der Waals surface area contributed by atoms with Crippen LogP contribution in [-0.4, -0.2) is 96.7 Å². The van der Waals surface area contributed by atoms with Crippen molar-refractivity contribution in [2.45, 2.75) is 374 Å². The number of hydrogen-bond acceptors (Lipinski definition) is 15. The molecule has 19 heteroatoms. The molecule has 2 unspecified atom stereocenters. The Hall–Kier alpha value is -2.46. The van der Waals surface area contributed by atoms with E-state index in [1.54, 1.807) is 0 Å². The predicted octanol–water partition coefficient (Wildman–Crippen LogP) is 20.9. The van der Waals surface area contributed by atoms with E-state index in [-0.39, 0.29) is 25.7 Å². The zero-order valence-corrected chi connectivity index (χ0v) is 61.0. The highest BCUT2D eigenvalue weighted by Gasteiger charge is 2.30. The summed E-state index contributed by atoms with van der Waals surface area (Å²) in [6, 6.07) is 0. The van der Waals surface area contributed by atoms with Gasteiger partial charge in [-0.1, -0.05) is 303 Å². The molecule has 0 aliphatic rings. The first kappa shape index (κ1) is 89.5. The maximum Gasteiger partial charge on any atom is 0.472 e. The van der Waals surface area contributed by atoms with E-state index in [9.17, 15) is 43.2 Å². The number of aliphatic hydroxyl groups is 1. The van der Waals surface area contributed by atoms with Crippen LogP contribution in [0.2, 0.25) is 0 Å². The van der Waals surface area contributed by atoms with Crippen molar-refractivity contribution in [2.75, 3.05) is 39.6 Å². The number of carbonyl (C=O) groups excluding carboxylic acids is 4. The summed E-state index contributed by atoms with van der Waals surface area (Å²) in [4.78, 5) is 72.6. The highest BCUT2D eigenvalue weighted by Crippen LogP contribution is 2.45. The lowest BCUT2D eigenvalue weighted by atomic mass is 10.0. The molecule has 0 aromatic carbocycles. The Morgan fingerprint density at radius 3 is 0.891 bits per heavy atom. The number of phosphoric acid groups is 2. The summed E-state index contributed by atoms with van der Waals surface area (Å²) in [5, 5.41) is 10.6. The maximum absolute atomic E-state index is 13.0. The van der Waals surface area contributed by atoms with Gasteiger partial charge in [-0.05, 0) is 57.3 Å². The Kier molecular flexibility index (Phi) is 64.0. The number of aliphatic hydroxyl groups excluding tert-OH is 1. The monoisotopic (exact) mass is 1350 g/mol. The van der Waals surface area contributed by atoms with E-state index in [0.29, 0.717) is 25.7 Å². The van der Waals surface area contributed by atoms with Crippen molar-refractivity contribution in [2.24, 2.45) is 5.92 Å². The third-order valence-corrected chi connectivity index (χ3v) is 18.3. The first-order valence-electron chi connectivity index (χ1n) is 37.5. The fourth-order valence-corrected chi connectivity index (χ4v) is 12.2. The van der Waals surface area contributed by atoms with Gasteiger partial charge in [-0.15, -0.1) is 0 Å². The number of ether oxygens (including phenoxy) is 4. The molecule has 0 heterocycles. The molecule has 0 bridgehead atoms. The quantitative estimate of drug-likeness (QED) is 0.0169. The normalized spacial score (nSPS) is 14.2. The number of carbonyl (C=O) groups is 4. The molecule has 0 spiro atoms. The summed E-state index contributed by atoms with van der Waals surface area (Å²) >= 11 is 0. The Morgan fingerprint density at radius 2 is 0.587 bits per heavy atom. The van der Waals surface area contributed by atoms with Gasteiger partial charge in [0.25, 0.3) is 0 Å². The molecular formula is C73H138O17P2. The second-order valence-corrected chi connectivity index (χ2v) is 29.0. The number of rotatable bonds is 71. The molecule has 0 aliphatic heterocycles. The Bertz CT molecular complexity index is 1860. The van der Waals surface area contributed by atoms with Crippen molar-refractivity contribution in [3.63, 3.8) is 0 Å². The topological polar surface area (TPSA) is 237 Å². The second-order valence-electron chi connectivity index (χ2n) is 26.1. The highest BCUT2D eigenvalue weighted by atomic mass is 31.2. The molecule has 0 aromatic rings. The van der Waals surface area contributed by atoms with Gasteiger partial charge in [-0.3, -0.25) is 37.3 Å². The van der Waals surface area contributed by atoms with Gasteiger partial charge in [-0.2, -0.15) is 0 Å². The molecule has 0 aromatic heterocycles. The summed E-state index contributed by atoms with van der Waals surface area (Å²) in [7, 11) is -9.92. The summed E-state index contributed by atoms with van der Waals surface area (Å²) in [5.74, 6) is -1.37. The molecule has 542 valence electrons. The van der Waals surface area contributed by atoms with Crippen LogP contribution in [0.3, 0.4) is 0 Å². The number of allylic oxidation sites excluding steroid dienone is 4. The van der Waals surface area contributed by atoms with Gasteiger partial charge in [-0.25, -0.2) is 9.13 Å². The van der Waals surface area contributed by atoms with Crippen LogP contribution in [0.15, 0.2) is 24.3 Å². The van der Waals surface area contributed by atoms with E-state index in [1.807, 2.05) is 0 Å². The van der Waals surface area contributed by atoms with E-state index in [4.69, 9.17) is 37.0 Å². The van der Waals surface area contributed by atoms with E-state index in [2.05, 4.69) is 58.9 Å². The van der Waals surface area contributed by atoms with Gasteiger partial charge < -0.3 is 33.8 Å². The van der Waals surface area contributed by atoms with Gasteiger partial charge in [0.1, 0.15) is 19.3 Å². The fourth-order valence-electron chi connectivity index (χ4n) is 10.6. The minimum atomic E-state index is -4.96. The van der Waals surface area contributed by atoms with E-state index in [1.165, 1.54) is 167 Å². The van der Waals surface area contributed by atoms with Crippen LogP contribution in [-0.2, 0) is 65.4 Å². The summed E-state index contributed by atoms with van der Waals surface area (Å²) in [5.41, 5.74) is 0. The standard InChI is InChI=1S/C73H138O17P2/c1-6-9-12-15-18-21-23-25-26-28-34-39-44-49-54-59-73(78)90-69(63-84-71(76)57-52-47-42-37-32-30-29-31-36-40-45-50-55-66(4)5)65-88-92(81,82)86-61-67(74)60-85-91(79,80)87-64-68(62-83-70(75)56-51-46-41-35-20-17-14-11-8-3)89-72(77)58-53-48-43-38-33-27-24-22-19-16-13-10-7-2/h21,23,25-26,66-69,74H,6-20,22,24,27-65H2,1-5H3,(H,79,80)(H,81,82)/b23-21-,26-25-/t67-,68+,69+/m0/s1. The van der Waals surface area contributed by atoms with Crippen molar-refractivity contribution in [3.05, 3.63) is 24.3 Å². The Balaban J connectivity index is 5.27. The van der Waals surface area contributed by atoms with Gasteiger partial charge in [0.05, 0.1) is 26.4 Å². The summed E-state index contributed by atoms with van der Waals surface area (Å²) in [6.45, 7) is 7.20. The highest BCUT2D eigenvalue weighted by molar-refractivity contribution is 7.47. The zero-order chi connectivity index (χ0) is 67.7. The second kappa shape index (κ2) is 65.8. The molecule has 0 saturated heterocycles. The smallest absolute Gasteiger partial charge is 0.462 e. The summed E-state index contributed by atoms with van der Waals surface area (Å²) in [6.07, 6.45) is 56.2. The minimum absolute atomic E-state index is 0.0853. The molecule has 0 amide bonds. The Labute approximate surface area is 561 Å². The first-order chi connectivity index (χ1) is 44.5. The van der Waals surface area contributed by atoms with Crippen molar-refractivity contribution in [3.8, 4) is 0 Å². The van der Waals surface area contributed by atoms with E-state index >= 15 is 0 Å². The zero-order valence-electron chi connectivity index (χ0n) is 59.2. The number of phosphoric ester groups is 2.